The smallest absolute Gasteiger partial charge is 0.271 e. The number of hydrazone groups is 1. The minimum atomic E-state index is -0.399. The molecule has 0 aliphatic carbocycles. The van der Waals surface area contributed by atoms with E-state index in [0.717, 1.165) is 0 Å². The normalized spacial score (nSPS) is 11.0. The minimum absolute atomic E-state index is 0.00112. The zero-order chi connectivity index (χ0) is 17.5. The molecule has 2 aromatic rings. The van der Waals surface area contributed by atoms with Crippen LogP contribution in [0.5, 0.6) is 17.2 Å². The molecule has 24 heavy (non-hydrogen) atoms. The average molecular weight is 326 g/mol. The van der Waals surface area contributed by atoms with Crippen LogP contribution in [0.3, 0.4) is 0 Å². The van der Waals surface area contributed by atoms with Gasteiger partial charge in [-0.1, -0.05) is 12.7 Å². The van der Waals surface area contributed by atoms with Crippen molar-refractivity contribution in [1.29, 1.82) is 0 Å². The minimum Gasteiger partial charge on any atom is -0.508 e. The van der Waals surface area contributed by atoms with E-state index in [1.54, 1.807) is 37.3 Å². The second-order valence-electron chi connectivity index (χ2n) is 4.96. The molecule has 3 N–H and O–H groups in total. The van der Waals surface area contributed by atoms with Crippen LogP contribution in [0.15, 0.2) is 60.2 Å². The number of aromatic hydroxyl groups is 2. The Balaban J connectivity index is 2.06. The number of ether oxygens (including phenoxy) is 1. The Morgan fingerprint density at radius 2 is 1.96 bits per heavy atom. The van der Waals surface area contributed by atoms with E-state index in [0.29, 0.717) is 29.2 Å². The molecule has 0 heterocycles. The van der Waals surface area contributed by atoms with Gasteiger partial charge in [0.25, 0.3) is 5.91 Å². The largest absolute Gasteiger partial charge is 0.508 e. The van der Waals surface area contributed by atoms with E-state index in [9.17, 15) is 15.0 Å². The van der Waals surface area contributed by atoms with Crippen LogP contribution in [0.1, 0.15) is 22.8 Å². The fourth-order valence-electron chi connectivity index (χ4n) is 1.93. The van der Waals surface area contributed by atoms with Gasteiger partial charge in [0.1, 0.15) is 23.9 Å². The predicted octanol–water partition coefficient (Wildman–Crippen LogP) is 2.82. The van der Waals surface area contributed by atoms with Gasteiger partial charge in [-0.15, -0.1) is 0 Å². The Kier molecular flexibility index (Phi) is 5.57. The summed E-state index contributed by atoms with van der Waals surface area (Å²) in [6.45, 7) is 5.57. The number of phenols is 2. The maximum Gasteiger partial charge on any atom is 0.271 e. The highest BCUT2D eigenvalue weighted by Gasteiger charge is 2.08. The molecular weight excluding hydrogens is 308 g/mol. The molecule has 0 spiro atoms. The summed E-state index contributed by atoms with van der Waals surface area (Å²) >= 11 is 0. The topological polar surface area (TPSA) is 91.2 Å². The van der Waals surface area contributed by atoms with Crippen LogP contribution in [0, 0.1) is 0 Å². The molecule has 0 unspecified atom stereocenters. The van der Waals surface area contributed by atoms with Crippen LogP contribution in [-0.4, -0.2) is 28.4 Å². The second-order valence-corrected chi connectivity index (χ2v) is 4.96. The highest BCUT2D eigenvalue weighted by molar-refractivity contribution is 6.02. The van der Waals surface area contributed by atoms with Gasteiger partial charge in [-0.3, -0.25) is 4.79 Å². The van der Waals surface area contributed by atoms with Gasteiger partial charge in [-0.05, 0) is 49.4 Å². The lowest BCUT2D eigenvalue weighted by Gasteiger charge is -2.06. The van der Waals surface area contributed by atoms with E-state index >= 15 is 0 Å². The standard InChI is InChI=1S/C18H18N2O4/c1-3-10-24-15-7-4-13(5-8-15)18(23)20-19-12(2)16-11-14(21)6-9-17(16)22/h3-9,11,21-22H,1,10H2,2H3,(H,20,23)/b19-12-. The van der Waals surface area contributed by atoms with Crippen molar-refractivity contribution in [2.24, 2.45) is 5.10 Å². The number of nitrogens with one attached hydrogen (secondary N) is 1. The second kappa shape index (κ2) is 7.82. The first-order valence-corrected chi connectivity index (χ1v) is 7.22. The summed E-state index contributed by atoms with van der Waals surface area (Å²) in [5.41, 5.74) is 3.52. The SMILES string of the molecule is C=CCOc1ccc(C(=O)N/N=C(/C)c2cc(O)ccc2O)cc1. The molecule has 6 heteroatoms. The molecule has 0 bridgehead atoms. The quantitative estimate of drug-likeness (QED) is 0.329. The molecule has 0 saturated heterocycles. The van der Waals surface area contributed by atoms with Gasteiger partial charge in [-0.25, -0.2) is 5.43 Å². The summed E-state index contributed by atoms with van der Waals surface area (Å²) in [5, 5.41) is 23.2. The number of nitrogens with zero attached hydrogens (tertiary/aromatic N) is 1. The van der Waals surface area contributed by atoms with Crippen molar-refractivity contribution >= 4 is 11.6 Å². The first kappa shape index (κ1) is 17.1. The molecular formula is C18H18N2O4. The Morgan fingerprint density at radius 3 is 2.62 bits per heavy atom. The summed E-state index contributed by atoms with van der Waals surface area (Å²) in [6.07, 6.45) is 1.63. The number of hydrogen-bond acceptors (Lipinski definition) is 5. The van der Waals surface area contributed by atoms with Crippen molar-refractivity contribution in [3.63, 3.8) is 0 Å². The van der Waals surface area contributed by atoms with Crippen LogP contribution >= 0.6 is 0 Å². The Morgan fingerprint density at radius 1 is 1.25 bits per heavy atom. The molecule has 0 atom stereocenters. The molecule has 0 aromatic heterocycles. The zero-order valence-corrected chi connectivity index (χ0v) is 13.2. The van der Waals surface area contributed by atoms with E-state index in [4.69, 9.17) is 4.74 Å². The Bertz CT molecular complexity index is 767. The van der Waals surface area contributed by atoms with E-state index in [1.165, 1.54) is 18.2 Å². The molecule has 124 valence electrons. The van der Waals surface area contributed by atoms with E-state index in [-0.39, 0.29) is 11.5 Å². The fourth-order valence-corrected chi connectivity index (χ4v) is 1.93. The predicted molar refractivity (Wildman–Crippen MR) is 91.6 cm³/mol. The van der Waals surface area contributed by atoms with E-state index < -0.39 is 5.91 Å². The fraction of sp³-hybridized carbons (Fsp3) is 0.111. The van der Waals surface area contributed by atoms with Crippen molar-refractivity contribution < 1.29 is 19.7 Å². The molecule has 6 nitrogen and oxygen atoms in total. The lowest BCUT2D eigenvalue weighted by atomic mass is 10.1. The summed E-state index contributed by atoms with van der Waals surface area (Å²) in [7, 11) is 0. The molecule has 0 fully saturated rings. The zero-order valence-electron chi connectivity index (χ0n) is 13.2. The van der Waals surface area contributed by atoms with E-state index in [1.807, 2.05) is 0 Å². The summed E-state index contributed by atoms with van der Waals surface area (Å²) in [5.74, 6) is 0.200. The number of amides is 1. The van der Waals surface area contributed by atoms with Crippen molar-refractivity contribution in [2.75, 3.05) is 6.61 Å². The number of carbonyl (C=O) groups is 1. The van der Waals surface area contributed by atoms with Crippen LogP contribution in [0.25, 0.3) is 0 Å². The summed E-state index contributed by atoms with van der Waals surface area (Å²) in [6, 6.07) is 10.7. The lowest BCUT2D eigenvalue weighted by Crippen LogP contribution is -2.19. The number of hydrogen-bond donors (Lipinski definition) is 3. The highest BCUT2D eigenvalue weighted by atomic mass is 16.5. The third kappa shape index (κ3) is 4.36. The van der Waals surface area contributed by atoms with Gasteiger partial charge in [0.15, 0.2) is 0 Å². The summed E-state index contributed by atoms with van der Waals surface area (Å²) in [4.78, 5) is 12.1. The third-order valence-corrected chi connectivity index (χ3v) is 3.18. The molecule has 1 amide bonds. The van der Waals surface area contributed by atoms with Crippen molar-refractivity contribution in [3.05, 3.63) is 66.2 Å². The first-order valence-electron chi connectivity index (χ1n) is 7.22. The average Bonchev–Trinajstić information content (AvgIpc) is 2.60. The highest BCUT2D eigenvalue weighted by Crippen LogP contribution is 2.22. The summed E-state index contributed by atoms with van der Waals surface area (Å²) < 4.78 is 5.34. The number of benzene rings is 2. The van der Waals surface area contributed by atoms with Crippen molar-refractivity contribution in [1.82, 2.24) is 5.43 Å². The lowest BCUT2D eigenvalue weighted by molar-refractivity contribution is 0.0955. The molecule has 0 saturated carbocycles. The maximum absolute atomic E-state index is 12.1. The maximum atomic E-state index is 12.1. The van der Waals surface area contributed by atoms with Crippen LogP contribution in [0.2, 0.25) is 0 Å². The van der Waals surface area contributed by atoms with Gasteiger partial charge in [-0.2, -0.15) is 5.10 Å². The molecule has 0 aliphatic rings. The van der Waals surface area contributed by atoms with Crippen LogP contribution in [-0.2, 0) is 0 Å². The van der Waals surface area contributed by atoms with Gasteiger partial charge in [0.05, 0.1) is 5.71 Å². The Hall–Kier alpha value is -3.28. The van der Waals surface area contributed by atoms with Crippen LogP contribution in [0.4, 0.5) is 0 Å². The number of phenolic OH excluding ortho intramolecular Hbond substituents is 2. The van der Waals surface area contributed by atoms with Crippen molar-refractivity contribution in [2.45, 2.75) is 6.92 Å². The van der Waals surface area contributed by atoms with Crippen LogP contribution < -0.4 is 10.2 Å². The van der Waals surface area contributed by atoms with Gasteiger partial charge < -0.3 is 14.9 Å². The van der Waals surface area contributed by atoms with Crippen molar-refractivity contribution in [3.8, 4) is 17.2 Å². The molecule has 0 aliphatic heterocycles. The van der Waals surface area contributed by atoms with Gasteiger partial charge in [0.2, 0.25) is 0 Å². The van der Waals surface area contributed by atoms with E-state index in [2.05, 4.69) is 17.1 Å². The Labute approximate surface area is 139 Å². The number of carbonyl (C=O) groups excluding carboxylic acids is 1. The monoisotopic (exact) mass is 326 g/mol. The van der Waals surface area contributed by atoms with Gasteiger partial charge >= 0.3 is 0 Å². The molecule has 0 radical (unpaired) electrons. The number of rotatable bonds is 6. The third-order valence-electron chi connectivity index (χ3n) is 3.18. The first-order chi connectivity index (χ1) is 11.5. The molecule has 2 aromatic carbocycles. The van der Waals surface area contributed by atoms with Gasteiger partial charge in [0, 0.05) is 11.1 Å². The molecule has 2 rings (SSSR count).